The molecule has 2 heterocycles. The van der Waals surface area contributed by atoms with E-state index in [9.17, 15) is 9.59 Å². The second-order valence-corrected chi connectivity index (χ2v) is 9.28. The number of hydrogen-bond acceptors (Lipinski definition) is 6. The topological polar surface area (TPSA) is 100 Å². The van der Waals surface area contributed by atoms with Crippen LogP contribution in [0.1, 0.15) is 45.3 Å². The predicted molar refractivity (Wildman–Crippen MR) is 146 cm³/mol. The maximum Gasteiger partial charge on any atom is 0.308 e. The highest BCUT2D eigenvalue weighted by Gasteiger charge is 2.17. The molecule has 0 aliphatic carbocycles. The van der Waals surface area contributed by atoms with Gasteiger partial charge in [-0.2, -0.15) is 0 Å². The highest BCUT2D eigenvalue weighted by Crippen LogP contribution is 2.25. The molecule has 2 amide bonds. The summed E-state index contributed by atoms with van der Waals surface area (Å²) in [6, 6.07) is 25.9. The number of aromatic nitrogens is 2. The number of carbonyl (C=O) groups excluding carboxylic acids is 2. The summed E-state index contributed by atoms with van der Waals surface area (Å²) in [6.45, 7) is 2.48. The van der Waals surface area contributed by atoms with Gasteiger partial charge in [0, 0.05) is 43.9 Å². The van der Waals surface area contributed by atoms with Crippen LogP contribution in [0.3, 0.4) is 0 Å². The largest absolute Gasteiger partial charge is 0.417 e. The molecule has 0 atom stereocenters. The van der Waals surface area contributed by atoms with E-state index in [1.807, 2.05) is 42.5 Å². The van der Waals surface area contributed by atoms with Gasteiger partial charge in [0.15, 0.2) is 0 Å². The Balaban J connectivity index is 1.06. The minimum Gasteiger partial charge on any atom is -0.417 e. The lowest BCUT2D eigenvalue weighted by Gasteiger charge is -2.24. The molecule has 3 aromatic carbocycles. The van der Waals surface area contributed by atoms with E-state index in [2.05, 4.69) is 50.0 Å². The van der Waals surface area contributed by atoms with E-state index in [0.717, 1.165) is 30.5 Å². The molecule has 5 rings (SSSR count). The molecule has 1 aliphatic heterocycles. The van der Waals surface area contributed by atoms with Gasteiger partial charge in [-0.1, -0.05) is 60.7 Å². The molecular formula is C30H31N5O3. The van der Waals surface area contributed by atoms with Crippen molar-refractivity contribution < 1.29 is 14.0 Å². The lowest BCUT2D eigenvalue weighted by molar-refractivity contribution is 0.0914. The molecule has 38 heavy (non-hydrogen) atoms. The summed E-state index contributed by atoms with van der Waals surface area (Å²) in [5.74, 6) is -0.345. The molecule has 0 unspecified atom stereocenters. The molecular weight excluding hydrogens is 478 g/mol. The Morgan fingerprint density at radius 1 is 0.789 bits per heavy atom. The Labute approximate surface area is 222 Å². The quantitative estimate of drug-likeness (QED) is 0.349. The molecule has 4 aromatic rings. The first-order chi connectivity index (χ1) is 18.7. The van der Waals surface area contributed by atoms with Gasteiger partial charge in [0.05, 0.1) is 0 Å². The third kappa shape index (κ3) is 6.26. The Morgan fingerprint density at radius 3 is 2.37 bits per heavy atom. The molecule has 0 radical (unpaired) electrons. The van der Waals surface area contributed by atoms with E-state index in [1.54, 1.807) is 12.1 Å². The minimum atomic E-state index is -0.394. The van der Waals surface area contributed by atoms with E-state index < -0.39 is 5.91 Å². The minimum absolute atomic E-state index is 0.0703. The third-order valence-electron chi connectivity index (χ3n) is 6.66. The number of hydrogen-bond donors (Lipinski definition) is 2. The van der Waals surface area contributed by atoms with Gasteiger partial charge in [-0.3, -0.25) is 9.59 Å². The zero-order valence-corrected chi connectivity index (χ0v) is 21.2. The second-order valence-electron chi connectivity index (χ2n) is 9.28. The lowest BCUT2D eigenvalue weighted by Crippen LogP contribution is -2.35. The van der Waals surface area contributed by atoms with Gasteiger partial charge < -0.3 is 20.0 Å². The Hall–Kier alpha value is -4.46. The first-order valence-electron chi connectivity index (χ1n) is 13.0. The fraction of sp³-hybridized carbons (Fsp3) is 0.267. The number of anilines is 1. The Bertz CT molecular complexity index is 1370. The van der Waals surface area contributed by atoms with Crippen molar-refractivity contribution in [2.45, 2.75) is 25.7 Å². The number of fused-ring (bicyclic) bond motifs is 1. The van der Waals surface area contributed by atoms with Gasteiger partial charge in [0.1, 0.15) is 0 Å². The highest BCUT2D eigenvalue weighted by molar-refractivity contribution is 5.94. The molecule has 2 N–H and O–H groups in total. The van der Waals surface area contributed by atoms with Crippen molar-refractivity contribution >= 4 is 17.5 Å². The monoisotopic (exact) mass is 509 g/mol. The standard InChI is InChI=1S/C30H31N5O3/c36-28(25-15-13-23(14-16-25)22-8-2-1-3-9-22)31-18-17-27-33-34-30(38-27)29(37)32-19-21-35-20-7-6-11-24-10-4-5-12-26(24)35/h1-5,8-10,12-16H,6-7,11,17-21H2,(H,31,36)(H,32,37). The zero-order chi connectivity index (χ0) is 26.2. The summed E-state index contributed by atoms with van der Waals surface area (Å²) in [6.07, 6.45) is 3.72. The number of nitrogens with zero attached hydrogens (tertiary/aromatic N) is 3. The Morgan fingerprint density at radius 2 is 1.53 bits per heavy atom. The average molecular weight is 510 g/mol. The third-order valence-corrected chi connectivity index (χ3v) is 6.66. The van der Waals surface area contributed by atoms with Gasteiger partial charge in [-0.15, -0.1) is 10.2 Å². The number of aryl methyl sites for hydroxylation is 1. The number of nitrogens with one attached hydrogen (secondary N) is 2. The average Bonchev–Trinajstić information content (AvgIpc) is 3.34. The molecule has 0 saturated carbocycles. The van der Waals surface area contributed by atoms with Crippen LogP contribution in [0, 0.1) is 0 Å². The number of carbonyl (C=O) groups is 2. The number of amides is 2. The van der Waals surface area contributed by atoms with Crippen molar-refractivity contribution in [3.63, 3.8) is 0 Å². The van der Waals surface area contributed by atoms with Crippen LogP contribution in [0.5, 0.6) is 0 Å². The molecule has 8 nitrogen and oxygen atoms in total. The van der Waals surface area contributed by atoms with Gasteiger partial charge in [-0.25, -0.2) is 0 Å². The first kappa shape index (κ1) is 25.2. The molecule has 0 fully saturated rings. The molecule has 0 saturated heterocycles. The van der Waals surface area contributed by atoms with Crippen LogP contribution in [0.4, 0.5) is 5.69 Å². The van der Waals surface area contributed by atoms with Crippen LogP contribution < -0.4 is 15.5 Å². The van der Waals surface area contributed by atoms with Crippen LogP contribution in [0.15, 0.2) is 83.3 Å². The van der Waals surface area contributed by atoms with E-state index in [0.29, 0.717) is 37.5 Å². The van der Waals surface area contributed by atoms with Crippen molar-refractivity contribution in [3.8, 4) is 11.1 Å². The van der Waals surface area contributed by atoms with Crippen LogP contribution in [0.25, 0.3) is 11.1 Å². The van der Waals surface area contributed by atoms with Crippen LogP contribution >= 0.6 is 0 Å². The normalized spacial score (nSPS) is 12.9. The van der Waals surface area contributed by atoms with Crippen molar-refractivity contribution in [1.82, 2.24) is 20.8 Å². The summed E-state index contributed by atoms with van der Waals surface area (Å²) in [4.78, 5) is 27.3. The van der Waals surface area contributed by atoms with Gasteiger partial charge in [-0.05, 0) is 54.2 Å². The number of rotatable bonds is 9. The summed E-state index contributed by atoms with van der Waals surface area (Å²) >= 11 is 0. The van der Waals surface area contributed by atoms with Crippen molar-refractivity contribution in [2.75, 3.05) is 31.1 Å². The SMILES string of the molecule is O=C(NCCc1nnc(C(=O)NCCN2CCCCc3ccccc32)o1)c1ccc(-c2ccccc2)cc1. The molecule has 1 aliphatic rings. The number of para-hydroxylation sites is 1. The van der Waals surface area contributed by atoms with E-state index in [1.165, 1.54) is 17.7 Å². The van der Waals surface area contributed by atoms with E-state index in [4.69, 9.17) is 4.42 Å². The van der Waals surface area contributed by atoms with E-state index >= 15 is 0 Å². The van der Waals surface area contributed by atoms with Crippen LogP contribution in [-0.4, -0.2) is 48.2 Å². The summed E-state index contributed by atoms with van der Waals surface area (Å²) in [7, 11) is 0. The molecule has 1 aromatic heterocycles. The predicted octanol–water partition coefficient (Wildman–Crippen LogP) is 4.28. The second kappa shape index (κ2) is 12.2. The van der Waals surface area contributed by atoms with Crippen molar-refractivity contribution in [2.24, 2.45) is 0 Å². The fourth-order valence-corrected chi connectivity index (χ4v) is 4.66. The summed E-state index contributed by atoms with van der Waals surface area (Å²) in [5, 5.41) is 13.6. The summed E-state index contributed by atoms with van der Waals surface area (Å²) in [5.41, 5.74) is 5.32. The van der Waals surface area contributed by atoms with Gasteiger partial charge in [0.2, 0.25) is 5.89 Å². The van der Waals surface area contributed by atoms with Crippen LogP contribution in [0.2, 0.25) is 0 Å². The van der Waals surface area contributed by atoms with Gasteiger partial charge in [0.25, 0.3) is 5.91 Å². The fourth-order valence-electron chi connectivity index (χ4n) is 4.66. The summed E-state index contributed by atoms with van der Waals surface area (Å²) < 4.78 is 5.52. The smallest absolute Gasteiger partial charge is 0.308 e. The number of benzene rings is 3. The van der Waals surface area contributed by atoms with Crippen molar-refractivity contribution in [3.05, 3.63) is 102 Å². The zero-order valence-electron chi connectivity index (χ0n) is 21.2. The lowest BCUT2D eigenvalue weighted by atomic mass is 10.0. The highest BCUT2D eigenvalue weighted by atomic mass is 16.4. The Kier molecular flexibility index (Phi) is 8.08. The maximum absolute atomic E-state index is 12.5. The molecule has 0 spiro atoms. The van der Waals surface area contributed by atoms with E-state index in [-0.39, 0.29) is 11.8 Å². The molecule has 8 heteroatoms. The van der Waals surface area contributed by atoms with Crippen molar-refractivity contribution in [1.29, 1.82) is 0 Å². The maximum atomic E-state index is 12.5. The molecule has 194 valence electrons. The first-order valence-corrected chi connectivity index (χ1v) is 13.0. The molecule has 0 bridgehead atoms. The van der Waals surface area contributed by atoms with Crippen LogP contribution in [-0.2, 0) is 12.8 Å². The van der Waals surface area contributed by atoms with Gasteiger partial charge >= 0.3 is 11.8 Å².